The van der Waals surface area contributed by atoms with Crippen LogP contribution >= 0.6 is 0 Å². The van der Waals surface area contributed by atoms with Gasteiger partial charge in [0, 0.05) is 11.5 Å². The summed E-state index contributed by atoms with van der Waals surface area (Å²) in [7, 11) is 1.68. The number of rotatable bonds is 3. The van der Waals surface area contributed by atoms with Crippen molar-refractivity contribution in [3.8, 4) is 5.75 Å². The summed E-state index contributed by atoms with van der Waals surface area (Å²) in [5.74, 6) is 1.37. The number of aryl methyl sites for hydroxylation is 1. The molecule has 1 aliphatic heterocycles. The summed E-state index contributed by atoms with van der Waals surface area (Å²) in [4.78, 5) is 12.7. The van der Waals surface area contributed by atoms with Crippen LogP contribution in [-0.2, 0) is 0 Å². The van der Waals surface area contributed by atoms with Crippen molar-refractivity contribution in [2.24, 2.45) is 5.92 Å². The molecule has 1 saturated heterocycles. The number of hydrogen-bond donors (Lipinski definition) is 1. The van der Waals surface area contributed by atoms with Crippen LogP contribution in [0.2, 0.25) is 0 Å². The van der Waals surface area contributed by atoms with E-state index in [1.54, 1.807) is 7.11 Å². The number of carbonyl (C=O) groups excluding carboxylic acids is 1. The Morgan fingerprint density at radius 3 is 2.42 bits per heavy atom. The van der Waals surface area contributed by atoms with Gasteiger partial charge in [0.2, 0.25) is 0 Å². The molecular weight excluding hydrogens is 238 g/mol. The van der Waals surface area contributed by atoms with Crippen molar-refractivity contribution in [1.82, 2.24) is 5.32 Å². The SMILES string of the molecule is COc1c(C)cc(C(=O)C2CCNCC2)c(C)c1C. The zero-order valence-electron chi connectivity index (χ0n) is 12.3. The number of benzene rings is 1. The fourth-order valence-corrected chi connectivity index (χ4v) is 2.93. The molecule has 0 spiro atoms. The van der Waals surface area contributed by atoms with Gasteiger partial charge in [-0.15, -0.1) is 0 Å². The van der Waals surface area contributed by atoms with E-state index < -0.39 is 0 Å². The van der Waals surface area contributed by atoms with E-state index in [0.717, 1.165) is 53.9 Å². The Kier molecular flexibility index (Phi) is 4.25. The molecule has 0 atom stereocenters. The molecule has 1 aromatic rings. The van der Waals surface area contributed by atoms with Crippen LogP contribution in [0.15, 0.2) is 6.07 Å². The van der Waals surface area contributed by atoms with Crippen molar-refractivity contribution in [3.05, 3.63) is 28.3 Å². The molecule has 0 aromatic heterocycles. The molecule has 0 saturated carbocycles. The van der Waals surface area contributed by atoms with E-state index in [4.69, 9.17) is 4.74 Å². The van der Waals surface area contributed by atoms with Crippen LogP contribution in [0.4, 0.5) is 0 Å². The zero-order chi connectivity index (χ0) is 14.0. The second-order valence-corrected chi connectivity index (χ2v) is 5.41. The number of Topliss-reactive ketones (excluding diaryl/α,β-unsaturated/α-hetero) is 1. The van der Waals surface area contributed by atoms with E-state index in [1.165, 1.54) is 0 Å². The molecule has 3 nitrogen and oxygen atoms in total. The highest BCUT2D eigenvalue weighted by atomic mass is 16.5. The summed E-state index contributed by atoms with van der Waals surface area (Å²) in [5.41, 5.74) is 4.07. The minimum Gasteiger partial charge on any atom is -0.496 e. The second kappa shape index (κ2) is 5.74. The topological polar surface area (TPSA) is 38.3 Å². The van der Waals surface area contributed by atoms with E-state index in [-0.39, 0.29) is 5.92 Å². The van der Waals surface area contributed by atoms with Crippen LogP contribution in [0.1, 0.15) is 39.9 Å². The first kappa shape index (κ1) is 14.1. The molecule has 0 radical (unpaired) electrons. The summed E-state index contributed by atoms with van der Waals surface area (Å²) >= 11 is 0. The fraction of sp³-hybridized carbons (Fsp3) is 0.562. The maximum absolute atomic E-state index is 12.7. The van der Waals surface area contributed by atoms with Crippen LogP contribution < -0.4 is 10.1 Å². The zero-order valence-corrected chi connectivity index (χ0v) is 12.3. The van der Waals surface area contributed by atoms with E-state index in [1.807, 2.05) is 26.8 Å². The molecule has 0 amide bonds. The van der Waals surface area contributed by atoms with Gasteiger partial charge in [0.05, 0.1) is 7.11 Å². The van der Waals surface area contributed by atoms with Crippen LogP contribution in [0.5, 0.6) is 5.75 Å². The Bertz CT molecular complexity index is 488. The molecule has 1 aromatic carbocycles. The smallest absolute Gasteiger partial charge is 0.166 e. The number of methoxy groups -OCH3 is 1. The number of ketones is 1. The van der Waals surface area contributed by atoms with Crippen molar-refractivity contribution in [3.63, 3.8) is 0 Å². The van der Waals surface area contributed by atoms with E-state index in [0.29, 0.717) is 5.78 Å². The van der Waals surface area contributed by atoms with Gasteiger partial charge < -0.3 is 10.1 Å². The standard InChI is InChI=1S/C16H23NO2/c1-10-9-14(11(2)12(3)16(10)19-4)15(18)13-5-7-17-8-6-13/h9,13,17H,5-8H2,1-4H3. The summed E-state index contributed by atoms with van der Waals surface area (Å²) in [5, 5.41) is 3.30. The average molecular weight is 261 g/mol. The monoisotopic (exact) mass is 261 g/mol. The number of piperidine rings is 1. The molecule has 2 rings (SSSR count). The van der Waals surface area contributed by atoms with Crippen molar-refractivity contribution >= 4 is 5.78 Å². The first-order valence-electron chi connectivity index (χ1n) is 6.96. The van der Waals surface area contributed by atoms with Crippen LogP contribution in [-0.4, -0.2) is 26.0 Å². The molecule has 3 heteroatoms. The van der Waals surface area contributed by atoms with E-state index >= 15 is 0 Å². The molecule has 1 aliphatic rings. The lowest BCUT2D eigenvalue weighted by Crippen LogP contribution is -2.32. The Balaban J connectivity index is 2.36. The minimum absolute atomic E-state index is 0.173. The third-order valence-electron chi connectivity index (χ3n) is 4.21. The first-order valence-corrected chi connectivity index (χ1v) is 6.96. The first-order chi connectivity index (χ1) is 9.06. The summed E-state index contributed by atoms with van der Waals surface area (Å²) in [6, 6.07) is 1.99. The average Bonchev–Trinajstić information content (AvgIpc) is 2.43. The maximum Gasteiger partial charge on any atom is 0.166 e. The largest absolute Gasteiger partial charge is 0.496 e. The van der Waals surface area contributed by atoms with Crippen molar-refractivity contribution < 1.29 is 9.53 Å². The summed E-state index contributed by atoms with van der Waals surface area (Å²) in [6.07, 6.45) is 1.89. The summed E-state index contributed by atoms with van der Waals surface area (Å²) in [6.45, 7) is 7.95. The Morgan fingerprint density at radius 2 is 1.84 bits per heavy atom. The predicted octanol–water partition coefficient (Wildman–Crippen LogP) is 2.80. The van der Waals surface area contributed by atoms with Gasteiger partial charge in [-0.2, -0.15) is 0 Å². The fourth-order valence-electron chi connectivity index (χ4n) is 2.93. The second-order valence-electron chi connectivity index (χ2n) is 5.41. The highest BCUT2D eigenvalue weighted by Crippen LogP contribution is 2.30. The summed E-state index contributed by atoms with van der Waals surface area (Å²) < 4.78 is 5.42. The molecule has 0 unspecified atom stereocenters. The Hall–Kier alpha value is -1.35. The van der Waals surface area contributed by atoms with Crippen molar-refractivity contribution in [2.45, 2.75) is 33.6 Å². The minimum atomic E-state index is 0.173. The highest BCUT2D eigenvalue weighted by Gasteiger charge is 2.25. The van der Waals surface area contributed by atoms with Gasteiger partial charge in [-0.25, -0.2) is 0 Å². The van der Waals surface area contributed by atoms with Gasteiger partial charge in [-0.1, -0.05) is 0 Å². The van der Waals surface area contributed by atoms with Crippen LogP contribution in [0, 0.1) is 26.7 Å². The van der Waals surface area contributed by atoms with Gasteiger partial charge in [-0.3, -0.25) is 4.79 Å². The van der Waals surface area contributed by atoms with Crippen molar-refractivity contribution in [1.29, 1.82) is 0 Å². The molecular formula is C16H23NO2. The number of ether oxygens (including phenoxy) is 1. The number of carbonyl (C=O) groups is 1. The normalized spacial score (nSPS) is 16.4. The predicted molar refractivity (Wildman–Crippen MR) is 77.1 cm³/mol. The molecule has 19 heavy (non-hydrogen) atoms. The molecule has 0 aliphatic carbocycles. The van der Waals surface area contributed by atoms with Crippen LogP contribution in [0.3, 0.4) is 0 Å². The lowest BCUT2D eigenvalue weighted by atomic mass is 9.86. The highest BCUT2D eigenvalue weighted by molar-refractivity contribution is 6.00. The van der Waals surface area contributed by atoms with Gasteiger partial charge in [0.15, 0.2) is 5.78 Å². The third-order valence-corrected chi connectivity index (χ3v) is 4.21. The lowest BCUT2D eigenvalue weighted by molar-refractivity contribution is 0.0894. The van der Waals surface area contributed by atoms with E-state index in [9.17, 15) is 4.79 Å². The molecule has 1 N–H and O–H groups in total. The molecule has 1 fully saturated rings. The van der Waals surface area contributed by atoms with Gasteiger partial charge in [0.1, 0.15) is 5.75 Å². The Labute approximate surface area is 115 Å². The third kappa shape index (κ3) is 2.66. The Morgan fingerprint density at radius 1 is 1.21 bits per heavy atom. The molecule has 0 bridgehead atoms. The quantitative estimate of drug-likeness (QED) is 0.850. The lowest BCUT2D eigenvalue weighted by Gasteiger charge is -2.23. The molecule has 104 valence electrons. The number of nitrogens with one attached hydrogen (secondary N) is 1. The maximum atomic E-state index is 12.7. The van der Waals surface area contributed by atoms with Gasteiger partial charge in [-0.05, 0) is 69.5 Å². The van der Waals surface area contributed by atoms with Gasteiger partial charge >= 0.3 is 0 Å². The van der Waals surface area contributed by atoms with E-state index in [2.05, 4.69) is 5.32 Å². The van der Waals surface area contributed by atoms with Gasteiger partial charge in [0.25, 0.3) is 0 Å². The van der Waals surface area contributed by atoms with Crippen LogP contribution in [0.25, 0.3) is 0 Å². The molecule has 1 heterocycles. The van der Waals surface area contributed by atoms with Crippen molar-refractivity contribution in [2.75, 3.05) is 20.2 Å². The number of hydrogen-bond acceptors (Lipinski definition) is 3.